The van der Waals surface area contributed by atoms with Crippen LogP contribution in [0.5, 0.6) is 0 Å². The Labute approximate surface area is 161 Å². The molecule has 27 heavy (non-hydrogen) atoms. The zero-order valence-electron chi connectivity index (χ0n) is 17.3. The fourth-order valence-corrected chi connectivity index (χ4v) is 4.17. The molecule has 4 rings (SSSR count). The van der Waals surface area contributed by atoms with Gasteiger partial charge in [0.2, 0.25) is 0 Å². The Balaban J connectivity index is 2.25. The summed E-state index contributed by atoms with van der Waals surface area (Å²) in [4.78, 5) is 0. The summed E-state index contributed by atoms with van der Waals surface area (Å²) in [6.45, 7) is 13.6. The normalized spacial score (nSPS) is 12.3. The molecule has 0 aliphatic carbocycles. The van der Waals surface area contributed by atoms with Crippen molar-refractivity contribution in [1.82, 2.24) is 9.13 Å². The first-order valence-electron chi connectivity index (χ1n) is 10.1. The zero-order chi connectivity index (χ0) is 19.3. The van der Waals surface area contributed by atoms with E-state index in [0.29, 0.717) is 18.0 Å². The molecule has 0 aliphatic rings. The molecule has 0 spiro atoms. The number of imidazole rings is 1. The fraction of sp³-hybridized carbons (Fsp3) is 0.375. The molecule has 0 aliphatic heterocycles. The highest BCUT2D eigenvalue weighted by Crippen LogP contribution is 2.36. The van der Waals surface area contributed by atoms with Crippen molar-refractivity contribution in [3.8, 4) is 5.95 Å². The monoisotopic (exact) mass is 360 g/mol. The molecule has 0 amide bonds. The summed E-state index contributed by atoms with van der Waals surface area (Å²) in [5.41, 5.74) is 4.01. The van der Waals surface area contributed by atoms with E-state index in [1.807, 2.05) is 0 Å². The van der Waals surface area contributed by atoms with E-state index in [9.17, 15) is 0 Å². The smallest absolute Gasteiger partial charge is 0.232 e. The van der Waals surface area contributed by atoms with Crippen LogP contribution in [-0.4, -0.2) is 9.13 Å². The summed E-state index contributed by atoms with van der Waals surface area (Å²) < 4.78 is 7.27. The molecule has 4 aromatic rings. The quantitative estimate of drug-likeness (QED) is 0.387. The maximum Gasteiger partial charge on any atom is 0.370 e. The Kier molecular flexibility index (Phi) is 4.33. The zero-order valence-corrected chi connectivity index (χ0v) is 17.3. The Morgan fingerprint density at radius 1 is 0.815 bits per heavy atom. The molecule has 0 N–H and O–H groups in total. The molecule has 0 radical (unpaired) electrons. The van der Waals surface area contributed by atoms with Crippen molar-refractivity contribution in [2.45, 2.75) is 59.5 Å². The van der Waals surface area contributed by atoms with E-state index in [2.05, 4.69) is 110 Å². The molecule has 140 valence electrons. The molecule has 3 heteroatoms. The second-order valence-corrected chi connectivity index (χ2v) is 8.35. The molecule has 3 nitrogen and oxygen atoms in total. The molecule has 0 bridgehead atoms. The third-order valence-electron chi connectivity index (χ3n) is 5.51. The van der Waals surface area contributed by atoms with Gasteiger partial charge < -0.3 is 0 Å². The number of benzene rings is 2. The first-order chi connectivity index (χ1) is 12.9. The number of aromatic nitrogens is 3. The van der Waals surface area contributed by atoms with Crippen LogP contribution >= 0.6 is 0 Å². The maximum atomic E-state index is 2.49. The van der Waals surface area contributed by atoms with Crippen LogP contribution in [0.4, 0.5) is 0 Å². The average Bonchev–Trinajstić information content (AvgIpc) is 3.20. The van der Waals surface area contributed by atoms with Crippen LogP contribution in [0.1, 0.15) is 65.1 Å². The molecule has 2 aromatic carbocycles. The lowest BCUT2D eigenvalue weighted by Gasteiger charge is -2.14. The summed E-state index contributed by atoms with van der Waals surface area (Å²) in [6.07, 6.45) is 4.44. The van der Waals surface area contributed by atoms with Gasteiger partial charge in [-0.15, -0.1) is 0 Å². The molecule has 0 fully saturated rings. The summed E-state index contributed by atoms with van der Waals surface area (Å²) >= 11 is 0. The number of rotatable bonds is 4. The minimum atomic E-state index is 0.391. The lowest BCUT2D eigenvalue weighted by Crippen LogP contribution is -2.39. The van der Waals surface area contributed by atoms with Gasteiger partial charge in [-0.3, -0.25) is 0 Å². The maximum absolute atomic E-state index is 2.49. The topological polar surface area (TPSA) is 13.7 Å². The van der Waals surface area contributed by atoms with E-state index < -0.39 is 0 Å². The van der Waals surface area contributed by atoms with Gasteiger partial charge in [-0.1, -0.05) is 50.2 Å². The highest BCUT2D eigenvalue weighted by Gasteiger charge is 2.28. The van der Waals surface area contributed by atoms with Gasteiger partial charge in [-0.05, 0) is 45.2 Å². The van der Waals surface area contributed by atoms with Gasteiger partial charge in [0.1, 0.15) is 11.0 Å². The highest BCUT2D eigenvalue weighted by molar-refractivity contribution is 6.10. The van der Waals surface area contributed by atoms with Crippen molar-refractivity contribution in [3.63, 3.8) is 0 Å². The van der Waals surface area contributed by atoms with Crippen molar-refractivity contribution < 1.29 is 4.57 Å². The number of nitrogens with zero attached hydrogens (tertiary/aromatic N) is 3. The predicted molar refractivity (Wildman–Crippen MR) is 114 cm³/mol. The van der Waals surface area contributed by atoms with Crippen LogP contribution in [0.15, 0.2) is 54.9 Å². The van der Waals surface area contributed by atoms with Gasteiger partial charge in [0.25, 0.3) is 0 Å². The van der Waals surface area contributed by atoms with Crippen LogP contribution in [0, 0.1) is 0 Å². The number of para-hydroxylation sites is 2. The van der Waals surface area contributed by atoms with E-state index >= 15 is 0 Å². The van der Waals surface area contributed by atoms with Gasteiger partial charge in [0.15, 0.2) is 0 Å². The minimum absolute atomic E-state index is 0.391. The van der Waals surface area contributed by atoms with Crippen LogP contribution in [0.25, 0.3) is 27.8 Å². The first kappa shape index (κ1) is 17.8. The SMILES string of the molecule is CC(C)c1cccc2c3ccccc3n(-c3n(C(C)C)cc[n+]3C(C)C)c12. The van der Waals surface area contributed by atoms with E-state index in [4.69, 9.17) is 0 Å². The van der Waals surface area contributed by atoms with Gasteiger partial charge in [0.05, 0.1) is 24.5 Å². The van der Waals surface area contributed by atoms with Crippen LogP contribution in [-0.2, 0) is 0 Å². The average molecular weight is 361 g/mol. The third-order valence-corrected chi connectivity index (χ3v) is 5.51. The van der Waals surface area contributed by atoms with E-state index in [1.54, 1.807) is 0 Å². The predicted octanol–water partition coefficient (Wildman–Crippen LogP) is 6.16. The van der Waals surface area contributed by atoms with Gasteiger partial charge >= 0.3 is 5.95 Å². The Morgan fingerprint density at radius 3 is 2.19 bits per heavy atom. The van der Waals surface area contributed by atoms with Crippen molar-refractivity contribution in [1.29, 1.82) is 0 Å². The lowest BCUT2D eigenvalue weighted by atomic mass is 10.00. The van der Waals surface area contributed by atoms with Gasteiger partial charge in [0, 0.05) is 10.8 Å². The van der Waals surface area contributed by atoms with Crippen molar-refractivity contribution in [2.75, 3.05) is 0 Å². The summed E-state index contributed by atoms with van der Waals surface area (Å²) in [6, 6.07) is 16.3. The second-order valence-electron chi connectivity index (χ2n) is 8.35. The largest absolute Gasteiger partial charge is 0.370 e. The van der Waals surface area contributed by atoms with Crippen molar-refractivity contribution >= 4 is 21.8 Å². The molecule has 0 saturated heterocycles. The lowest BCUT2D eigenvalue weighted by molar-refractivity contribution is -0.709. The van der Waals surface area contributed by atoms with Crippen LogP contribution in [0.2, 0.25) is 0 Å². The molecule has 0 saturated carbocycles. The Morgan fingerprint density at radius 2 is 1.52 bits per heavy atom. The first-order valence-corrected chi connectivity index (χ1v) is 10.1. The highest BCUT2D eigenvalue weighted by atomic mass is 15.3. The number of hydrogen-bond donors (Lipinski definition) is 0. The van der Waals surface area contributed by atoms with Crippen LogP contribution < -0.4 is 4.57 Å². The van der Waals surface area contributed by atoms with E-state index in [0.717, 1.165) is 0 Å². The molecular weight excluding hydrogens is 330 g/mol. The summed E-state index contributed by atoms with van der Waals surface area (Å²) in [5, 5.41) is 2.66. The number of hydrogen-bond acceptors (Lipinski definition) is 0. The molecule has 0 unspecified atom stereocenters. The van der Waals surface area contributed by atoms with Crippen molar-refractivity contribution in [3.05, 3.63) is 60.4 Å². The van der Waals surface area contributed by atoms with Gasteiger partial charge in [-0.25, -0.2) is 9.13 Å². The molecule has 0 atom stereocenters. The van der Waals surface area contributed by atoms with Crippen molar-refractivity contribution in [2.24, 2.45) is 0 Å². The Bertz CT molecular complexity index is 1080. The standard InChI is InChI=1S/C24H30N3/c1-16(2)19-11-9-12-21-20-10-7-8-13-22(20)27(23(19)21)24-25(17(3)4)14-15-26(24)18(5)6/h7-18H,1-6H3/q+1. The molecular formula is C24H30N3+. The molecule has 2 aromatic heterocycles. The summed E-state index contributed by atoms with van der Waals surface area (Å²) in [5.74, 6) is 1.70. The Hall–Kier alpha value is -2.55. The molecule has 2 heterocycles. The third kappa shape index (κ3) is 2.68. The fourth-order valence-electron chi connectivity index (χ4n) is 4.17. The van der Waals surface area contributed by atoms with Crippen LogP contribution in [0.3, 0.4) is 0 Å². The minimum Gasteiger partial charge on any atom is -0.232 e. The van der Waals surface area contributed by atoms with Gasteiger partial charge in [-0.2, -0.15) is 4.57 Å². The number of fused-ring (bicyclic) bond motifs is 3. The second kappa shape index (κ2) is 6.56. The van der Waals surface area contributed by atoms with E-state index in [1.165, 1.54) is 33.3 Å². The summed E-state index contributed by atoms with van der Waals surface area (Å²) in [7, 11) is 0. The van der Waals surface area contributed by atoms with E-state index in [-0.39, 0.29) is 0 Å².